The van der Waals surface area contributed by atoms with E-state index >= 15 is 0 Å². The second kappa shape index (κ2) is 0.697. The van der Waals surface area contributed by atoms with Gasteiger partial charge in [0.15, 0.2) is 0 Å². The Bertz CT molecular complexity index is 177. The maximum absolute atomic E-state index is 11.2. The van der Waals surface area contributed by atoms with E-state index < -0.39 is 5.19 Å². The van der Waals surface area contributed by atoms with Gasteiger partial charge in [-0.2, -0.15) is 0 Å². The standard InChI is InChI=1S/COS5/c2-7-3-1(4-7,5-7)6-7. The van der Waals surface area contributed by atoms with Crippen LogP contribution in [0.25, 0.3) is 0 Å². The minimum Gasteiger partial charge on any atom is -0.242 e. The Balaban J connectivity index is 2.44. The van der Waals surface area contributed by atoms with Crippen molar-refractivity contribution in [3.05, 3.63) is 0 Å². The molecule has 0 aliphatic carbocycles. The fraction of sp³-hybridized carbons (Fsp3) is 1.00. The third-order valence-electron chi connectivity index (χ3n) is 0.953. The van der Waals surface area contributed by atoms with Crippen LogP contribution in [0.2, 0.25) is 0 Å². The van der Waals surface area contributed by atoms with Crippen molar-refractivity contribution in [2.45, 2.75) is 2.74 Å². The van der Waals surface area contributed by atoms with Crippen LogP contribution in [0, 0.1) is 0 Å². The molecule has 2 bridgehead atoms. The normalized spacial score (nSPS) is 70.0. The second-order valence-corrected chi connectivity index (χ2v) is 21.0. The zero-order chi connectivity index (χ0) is 4.78. The molecule has 0 aromatic heterocycles. The van der Waals surface area contributed by atoms with E-state index in [-0.39, 0.29) is 0 Å². The van der Waals surface area contributed by atoms with Crippen molar-refractivity contribution in [1.29, 1.82) is 0 Å². The molecular weight excluding hydrogens is 188 g/mol. The molecule has 6 aliphatic rings. The first-order chi connectivity index (χ1) is 3.13. The largest absolute Gasteiger partial charge is 0.242 e. The number of hydrogen-bond acceptors (Lipinski definition) is 5. The van der Waals surface area contributed by atoms with Gasteiger partial charge in [-0.1, -0.05) is 0 Å². The molecule has 6 fully saturated rings. The van der Waals surface area contributed by atoms with Crippen LogP contribution in [0.5, 0.6) is 0 Å². The van der Waals surface area contributed by atoms with Crippen LogP contribution in [0.3, 0.4) is 0 Å². The molecule has 0 saturated carbocycles. The highest BCUT2D eigenvalue weighted by Crippen LogP contribution is 3.16. The van der Waals surface area contributed by atoms with E-state index in [1.807, 2.05) is 0 Å². The van der Waals surface area contributed by atoms with Crippen molar-refractivity contribution in [3.63, 3.8) is 0 Å². The van der Waals surface area contributed by atoms with E-state index in [0.717, 1.165) is 0 Å². The Kier molecular flexibility index (Phi) is 0.436. The zero-order valence-electron chi connectivity index (χ0n) is 2.95. The summed E-state index contributed by atoms with van der Waals surface area (Å²) in [6, 6.07) is 0. The van der Waals surface area contributed by atoms with Crippen molar-refractivity contribution >= 4 is 48.4 Å². The van der Waals surface area contributed by atoms with Crippen LogP contribution in [0.1, 0.15) is 0 Å². The van der Waals surface area contributed by atoms with Gasteiger partial charge in [0.1, 0.15) is 0 Å². The lowest BCUT2D eigenvalue weighted by Gasteiger charge is -2.81. The monoisotopic (exact) mass is 188 g/mol. The average Bonchev–Trinajstić information content (AvgIpc) is 1.20. The summed E-state index contributed by atoms with van der Waals surface area (Å²) >= 11 is 0. The minimum atomic E-state index is -1.99. The van der Waals surface area contributed by atoms with Crippen LogP contribution < -0.4 is 0 Å². The van der Waals surface area contributed by atoms with E-state index in [4.69, 9.17) is 0 Å². The lowest BCUT2D eigenvalue weighted by atomic mass is 11.8. The molecule has 7 heavy (non-hydrogen) atoms. The smallest absolute Gasteiger partial charge is 0.204 e. The molecule has 0 amide bonds. The molecule has 6 heteroatoms. The molecule has 6 aliphatic heterocycles. The molecule has 0 spiro atoms. The fourth-order valence-electron chi connectivity index (χ4n) is 0.704. The predicted molar refractivity (Wildman–Crippen MR) is 41.2 cm³/mol. The van der Waals surface area contributed by atoms with Crippen LogP contribution in [0.15, 0.2) is 0 Å². The number of rotatable bonds is 0. The van der Waals surface area contributed by atoms with Crippen molar-refractivity contribution in [1.82, 2.24) is 0 Å². The summed E-state index contributed by atoms with van der Waals surface area (Å²) in [6.07, 6.45) is 0. The maximum Gasteiger partial charge on any atom is 0.204 e. The summed E-state index contributed by atoms with van der Waals surface area (Å²) in [5.41, 5.74) is 0. The highest BCUT2D eigenvalue weighted by Gasteiger charge is 2.94. The molecule has 0 unspecified atom stereocenters. The SMILES string of the molecule is O=S123SC(S1)(S2)S3. The van der Waals surface area contributed by atoms with Crippen LogP contribution in [-0.2, 0) is 5.19 Å². The van der Waals surface area contributed by atoms with Gasteiger partial charge in [-0.05, 0) is 43.2 Å². The first-order valence-electron chi connectivity index (χ1n) is 1.65. The third kappa shape index (κ3) is 0.266. The fourth-order valence-corrected chi connectivity index (χ4v) is 37.0. The average molecular weight is 188 g/mol. The van der Waals surface area contributed by atoms with Gasteiger partial charge in [0.2, 0.25) is 2.74 Å². The van der Waals surface area contributed by atoms with Gasteiger partial charge in [-0.15, -0.1) is 0 Å². The van der Waals surface area contributed by atoms with Gasteiger partial charge in [0.05, 0.1) is 5.19 Å². The Morgan fingerprint density at radius 1 is 1.14 bits per heavy atom. The predicted octanol–water partition coefficient (Wildman–Crippen LogP) is 2.05. The maximum atomic E-state index is 11.2. The van der Waals surface area contributed by atoms with Crippen molar-refractivity contribution in [2.24, 2.45) is 0 Å². The van der Waals surface area contributed by atoms with Gasteiger partial charge in [-0.25, -0.2) is 4.21 Å². The Labute approximate surface area is 55.1 Å². The highest BCUT2D eigenvalue weighted by molar-refractivity contribution is 9.82. The summed E-state index contributed by atoms with van der Waals surface area (Å²) in [5, 5.41) is -1.99. The Hall–Kier alpha value is 1.55. The molecule has 6 heterocycles. The molecule has 1 nitrogen and oxygen atoms in total. The second-order valence-electron chi connectivity index (χ2n) is 1.51. The third-order valence-corrected chi connectivity index (χ3v) is 23.3. The van der Waals surface area contributed by atoms with E-state index in [1.54, 1.807) is 43.2 Å². The summed E-state index contributed by atoms with van der Waals surface area (Å²) in [7, 11) is 6.72. The molecule has 6 saturated heterocycles. The summed E-state index contributed by atoms with van der Waals surface area (Å²) in [6.45, 7) is 0. The molecule has 0 aromatic rings. The van der Waals surface area contributed by atoms with Gasteiger partial charge in [-0.3, -0.25) is 0 Å². The lowest BCUT2D eigenvalue weighted by molar-refractivity contribution is 0.692. The molecule has 0 radical (unpaired) electrons. The van der Waals surface area contributed by atoms with E-state index in [2.05, 4.69) is 0 Å². The van der Waals surface area contributed by atoms with Gasteiger partial charge < -0.3 is 0 Å². The first-order valence-corrected chi connectivity index (χ1v) is 8.95. The zero-order valence-corrected chi connectivity index (χ0v) is 7.03. The van der Waals surface area contributed by atoms with Gasteiger partial charge in [0.25, 0.3) is 0 Å². The Morgan fingerprint density at radius 2 is 1.43 bits per heavy atom. The van der Waals surface area contributed by atoms with Crippen molar-refractivity contribution in [2.75, 3.05) is 0 Å². The van der Waals surface area contributed by atoms with Crippen LogP contribution in [-0.4, -0.2) is 6.95 Å². The minimum absolute atomic E-state index is 0.365. The van der Waals surface area contributed by atoms with E-state index in [1.165, 1.54) is 0 Å². The van der Waals surface area contributed by atoms with Gasteiger partial charge >= 0.3 is 0 Å². The molecule has 40 valence electrons. The quantitative estimate of drug-likeness (QED) is 0.540. The highest BCUT2D eigenvalue weighted by atomic mass is 34.2. The van der Waals surface area contributed by atoms with E-state index in [9.17, 15) is 4.21 Å². The van der Waals surface area contributed by atoms with Crippen molar-refractivity contribution in [3.8, 4) is 0 Å². The van der Waals surface area contributed by atoms with Crippen molar-refractivity contribution < 1.29 is 4.21 Å². The molecule has 0 aromatic carbocycles. The molecule has 6 rings (SSSR count). The van der Waals surface area contributed by atoms with Crippen LogP contribution in [0.4, 0.5) is 0 Å². The lowest BCUT2D eigenvalue weighted by Crippen LogP contribution is -2.64. The summed E-state index contributed by atoms with van der Waals surface area (Å²) in [5.74, 6) is 0. The summed E-state index contributed by atoms with van der Waals surface area (Å²) < 4.78 is 11.6. The molecular formula is COS5. The van der Waals surface area contributed by atoms with E-state index in [0.29, 0.717) is 2.74 Å². The molecule has 0 N–H and O–H groups in total. The first kappa shape index (κ1) is 4.38. The number of hydrogen-bond donors (Lipinski definition) is 0. The topological polar surface area (TPSA) is 17.1 Å². The van der Waals surface area contributed by atoms with Crippen LogP contribution >= 0.6 is 43.2 Å². The summed E-state index contributed by atoms with van der Waals surface area (Å²) in [4.78, 5) is 0. The van der Waals surface area contributed by atoms with Gasteiger partial charge in [0, 0.05) is 0 Å². The molecule has 0 atom stereocenters. The Morgan fingerprint density at radius 3 is 1.43 bits per heavy atom.